The minimum atomic E-state index is 0.807. The normalized spacial score (nSPS) is 18.3. The number of hydrogen-bond donors (Lipinski definition) is 2. The third kappa shape index (κ3) is 3.97. The second-order valence-corrected chi connectivity index (χ2v) is 10.8. The van der Waals surface area contributed by atoms with Gasteiger partial charge < -0.3 is 10.1 Å². The molecule has 3 aliphatic heterocycles. The molecule has 6 rings (SSSR count). The molecule has 0 fully saturated rings. The number of nitrogens with one attached hydrogen (secondary N) is 1. The highest BCUT2D eigenvalue weighted by Crippen LogP contribution is 2.34. The molecule has 40 heavy (non-hydrogen) atoms. The number of aromatic amines is 1. The van der Waals surface area contributed by atoms with E-state index >= 15 is 0 Å². The van der Waals surface area contributed by atoms with Crippen molar-refractivity contribution in [3.05, 3.63) is 108 Å². The number of aromatic nitrogens is 1. The van der Waals surface area contributed by atoms with E-state index in [-0.39, 0.29) is 0 Å². The van der Waals surface area contributed by atoms with E-state index in [4.69, 9.17) is 9.98 Å². The molecule has 0 atom stereocenters. The molecule has 4 aliphatic rings. The summed E-state index contributed by atoms with van der Waals surface area (Å²) in [4.78, 5) is 14.1. The average molecular weight is 528 g/mol. The van der Waals surface area contributed by atoms with E-state index in [2.05, 4.69) is 83.0 Å². The Morgan fingerprint density at radius 1 is 0.725 bits per heavy atom. The van der Waals surface area contributed by atoms with Crippen molar-refractivity contribution in [2.45, 2.75) is 67.2 Å². The summed E-state index contributed by atoms with van der Waals surface area (Å²) in [5.74, 6) is 0. The zero-order valence-electron chi connectivity index (χ0n) is 24.4. The van der Waals surface area contributed by atoms with E-state index in [1.807, 2.05) is 12.1 Å². The third-order valence-electron chi connectivity index (χ3n) is 8.77. The van der Waals surface area contributed by atoms with Gasteiger partial charge in [-0.05, 0) is 125 Å². The van der Waals surface area contributed by atoms with E-state index in [0.29, 0.717) is 0 Å². The molecule has 4 heterocycles. The highest BCUT2D eigenvalue weighted by Gasteiger charge is 2.23. The minimum absolute atomic E-state index is 0.807. The van der Waals surface area contributed by atoms with Crippen LogP contribution in [0.3, 0.4) is 0 Å². The smallest absolute Gasteiger partial charge is 0.0870 e. The van der Waals surface area contributed by atoms with Crippen molar-refractivity contribution in [2.75, 3.05) is 0 Å². The second kappa shape index (κ2) is 10.1. The van der Waals surface area contributed by atoms with Crippen molar-refractivity contribution in [1.29, 1.82) is 0 Å². The van der Waals surface area contributed by atoms with Crippen LogP contribution in [0.5, 0.6) is 0 Å². The van der Waals surface area contributed by atoms with E-state index < -0.39 is 0 Å². The second-order valence-electron chi connectivity index (χ2n) is 10.8. The highest BCUT2D eigenvalue weighted by molar-refractivity contribution is 6.24. The molecule has 0 saturated heterocycles. The Morgan fingerprint density at radius 3 is 1.82 bits per heavy atom. The van der Waals surface area contributed by atoms with E-state index in [1.165, 1.54) is 39.7 Å². The van der Waals surface area contributed by atoms with E-state index in [0.717, 1.165) is 86.3 Å². The Bertz CT molecular complexity index is 1950. The number of benzene rings is 1. The standard InChI is InChI=1S/C36H37N3O/c1-7-25-20(5)30-15-23-14-24(36-22(19-40)12-11-13-29(23)36)16-31-21(6)26(8-2)33(38-31)18-35-28(10-4)27(9-3)34(39-35)17-32(25)37-30/h11-19,39-40H,7-10H2,1-6H3/b22-19+,30-15?,31-16?,34-17?,35-18?. The van der Waals surface area contributed by atoms with Crippen LogP contribution in [0.15, 0.2) is 80.1 Å². The summed E-state index contributed by atoms with van der Waals surface area (Å²) in [6.07, 6.45) is 16.1. The summed E-state index contributed by atoms with van der Waals surface area (Å²) in [6.45, 7) is 13.2. The first-order valence-corrected chi connectivity index (χ1v) is 14.6. The van der Waals surface area contributed by atoms with Crippen LogP contribution in [-0.2, 0) is 12.8 Å². The fourth-order valence-electron chi connectivity index (χ4n) is 6.70. The van der Waals surface area contributed by atoms with Gasteiger partial charge in [-0.1, -0.05) is 45.9 Å². The maximum absolute atomic E-state index is 10.1. The number of allylic oxidation sites excluding steroid dienone is 8. The number of hydrogen-bond acceptors (Lipinski definition) is 3. The summed E-state index contributed by atoms with van der Waals surface area (Å²) in [7, 11) is 0. The van der Waals surface area contributed by atoms with Crippen LogP contribution < -0.4 is 21.1 Å². The van der Waals surface area contributed by atoms with Crippen LogP contribution in [0.1, 0.15) is 71.1 Å². The monoisotopic (exact) mass is 527 g/mol. The Kier molecular flexibility index (Phi) is 6.58. The summed E-state index contributed by atoms with van der Waals surface area (Å²) in [5, 5.41) is 14.3. The molecule has 0 saturated carbocycles. The maximum Gasteiger partial charge on any atom is 0.0870 e. The number of aliphatic hydroxyl groups is 1. The minimum Gasteiger partial charge on any atom is -0.515 e. The number of rotatable bonds is 4. The molecule has 4 nitrogen and oxygen atoms in total. The first kappa shape index (κ1) is 26.1. The van der Waals surface area contributed by atoms with Crippen molar-refractivity contribution >= 4 is 41.0 Å². The summed E-state index contributed by atoms with van der Waals surface area (Å²) >= 11 is 0. The molecule has 1 aromatic carbocycles. The number of aliphatic hydroxyl groups excluding tert-OH is 1. The fraction of sp³-hybridized carbons (Fsp3) is 0.278. The first-order chi connectivity index (χ1) is 19.4. The molecular weight excluding hydrogens is 490 g/mol. The van der Waals surface area contributed by atoms with Gasteiger partial charge in [0.1, 0.15) is 0 Å². The molecule has 1 aliphatic carbocycles. The molecule has 0 radical (unpaired) electrons. The predicted molar refractivity (Wildman–Crippen MR) is 169 cm³/mol. The summed E-state index contributed by atoms with van der Waals surface area (Å²) in [6, 6.07) is 6.10. The fourth-order valence-corrected chi connectivity index (χ4v) is 6.70. The molecule has 2 N–H and O–H groups in total. The van der Waals surface area contributed by atoms with Gasteiger partial charge in [0.2, 0.25) is 0 Å². The third-order valence-corrected chi connectivity index (χ3v) is 8.77. The Hall–Kier alpha value is -4.18. The SMILES string of the molecule is CCC1=C(C)C2=CC3=CC(=c4c3ccc/c4=C\O)C=C3N=C(C=c4[nH]c(c(CC)c4CC)=CC1=N2)C(CC)=C3C. The maximum atomic E-state index is 10.1. The van der Waals surface area contributed by atoms with Crippen LogP contribution in [0.25, 0.3) is 29.6 Å². The van der Waals surface area contributed by atoms with Gasteiger partial charge in [-0.3, -0.25) is 0 Å². The van der Waals surface area contributed by atoms with Crippen molar-refractivity contribution in [3.8, 4) is 0 Å². The molecule has 0 spiro atoms. The summed E-state index contributed by atoms with van der Waals surface area (Å²) < 4.78 is 0. The van der Waals surface area contributed by atoms with E-state index in [1.54, 1.807) is 0 Å². The van der Waals surface area contributed by atoms with Crippen LogP contribution >= 0.6 is 0 Å². The van der Waals surface area contributed by atoms with Gasteiger partial charge in [-0.15, -0.1) is 0 Å². The van der Waals surface area contributed by atoms with Crippen LogP contribution in [0.4, 0.5) is 0 Å². The lowest BCUT2D eigenvalue weighted by Gasteiger charge is -2.03. The Labute approximate surface area is 236 Å². The first-order valence-electron chi connectivity index (χ1n) is 14.6. The lowest BCUT2D eigenvalue weighted by atomic mass is 9.99. The van der Waals surface area contributed by atoms with E-state index in [9.17, 15) is 5.11 Å². The molecule has 1 aromatic heterocycles. The van der Waals surface area contributed by atoms with Crippen molar-refractivity contribution < 1.29 is 5.11 Å². The number of aliphatic imine (C=N–C) groups is 2. The van der Waals surface area contributed by atoms with Crippen LogP contribution in [0, 0.1) is 0 Å². The quantitative estimate of drug-likeness (QED) is 0.551. The molecular formula is C36H37N3O. The number of nitrogens with zero attached hydrogens (tertiary/aromatic N) is 2. The van der Waals surface area contributed by atoms with Gasteiger partial charge in [0.25, 0.3) is 0 Å². The largest absolute Gasteiger partial charge is 0.515 e. The molecule has 2 aromatic rings. The predicted octanol–water partition coefficient (Wildman–Crippen LogP) is 5.39. The van der Waals surface area contributed by atoms with Gasteiger partial charge in [-0.25, -0.2) is 9.98 Å². The van der Waals surface area contributed by atoms with Crippen molar-refractivity contribution in [3.63, 3.8) is 0 Å². The van der Waals surface area contributed by atoms with Gasteiger partial charge in [0.15, 0.2) is 0 Å². The van der Waals surface area contributed by atoms with Crippen molar-refractivity contribution in [1.82, 2.24) is 4.98 Å². The highest BCUT2D eigenvalue weighted by atomic mass is 16.2. The van der Waals surface area contributed by atoms with Crippen molar-refractivity contribution in [2.24, 2.45) is 9.98 Å². The Morgan fingerprint density at radius 2 is 1.30 bits per heavy atom. The molecule has 0 unspecified atom stereocenters. The zero-order valence-corrected chi connectivity index (χ0v) is 24.4. The molecule has 0 amide bonds. The zero-order chi connectivity index (χ0) is 28.1. The van der Waals surface area contributed by atoms with Crippen LogP contribution in [0.2, 0.25) is 0 Å². The number of H-pyrrole nitrogens is 1. The summed E-state index contributed by atoms with van der Waals surface area (Å²) in [5.41, 5.74) is 15.0. The molecule has 8 bridgehead atoms. The van der Waals surface area contributed by atoms with Gasteiger partial charge >= 0.3 is 0 Å². The molecule has 202 valence electrons. The molecule has 4 heteroatoms. The lowest BCUT2D eigenvalue weighted by Crippen LogP contribution is -2.27. The van der Waals surface area contributed by atoms with Crippen LogP contribution in [-0.4, -0.2) is 21.5 Å². The number of fused-ring (bicyclic) bond motifs is 7. The van der Waals surface area contributed by atoms with Gasteiger partial charge in [0, 0.05) is 15.9 Å². The van der Waals surface area contributed by atoms with Gasteiger partial charge in [0.05, 0.1) is 29.1 Å². The Balaban J connectivity index is 1.75. The topological polar surface area (TPSA) is 60.7 Å². The lowest BCUT2D eigenvalue weighted by molar-refractivity contribution is 0.540. The average Bonchev–Trinajstić information content (AvgIpc) is 3.65. The van der Waals surface area contributed by atoms with Gasteiger partial charge in [-0.2, -0.15) is 0 Å².